The molecular weight excluding hydrogens is 490 g/mol. The fraction of sp³-hybridized carbons (Fsp3) is 0.531. The standard InChI is InChI=1S/C32H47N3O4/c1-10-32(8,9)35(29(37)26(20-22(2)3)34-30(38)39-31(5,6)7)27(25-18-16-23(4)17-19-25)28(36)33-21-24-14-12-11-13-15-24/h11-19,22,26-27H,10,20-21H2,1-9H3,(H,33,36)(H,34,38). The van der Waals surface area contributed by atoms with Crippen LogP contribution in [0.1, 0.15) is 91.0 Å². The van der Waals surface area contributed by atoms with Crippen molar-refractivity contribution in [2.45, 2.75) is 105 Å². The number of carbonyl (C=O) groups excluding carboxylic acids is 3. The van der Waals surface area contributed by atoms with Gasteiger partial charge in [-0.05, 0) is 71.4 Å². The second-order valence-electron chi connectivity index (χ2n) is 12.2. The third kappa shape index (κ3) is 9.72. The molecule has 39 heavy (non-hydrogen) atoms. The normalized spacial score (nSPS) is 13.4. The van der Waals surface area contributed by atoms with E-state index in [9.17, 15) is 14.4 Å². The molecule has 7 nitrogen and oxygen atoms in total. The molecule has 0 fully saturated rings. The van der Waals surface area contributed by atoms with E-state index in [0.29, 0.717) is 24.9 Å². The molecule has 0 bridgehead atoms. The van der Waals surface area contributed by atoms with Crippen molar-refractivity contribution in [3.05, 3.63) is 71.3 Å². The largest absolute Gasteiger partial charge is 0.444 e. The molecule has 2 aromatic carbocycles. The van der Waals surface area contributed by atoms with Crippen LogP contribution in [0.25, 0.3) is 0 Å². The molecule has 2 unspecified atom stereocenters. The molecule has 2 rings (SSSR count). The fourth-order valence-corrected chi connectivity index (χ4v) is 4.30. The van der Waals surface area contributed by atoms with Crippen molar-refractivity contribution in [1.82, 2.24) is 15.5 Å². The average molecular weight is 538 g/mol. The molecule has 0 saturated carbocycles. The van der Waals surface area contributed by atoms with Gasteiger partial charge in [-0.2, -0.15) is 0 Å². The SMILES string of the molecule is CCC(C)(C)N(C(=O)C(CC(C)C)NC(=O)OC(C)(C)C)C(C(=O)NCc1ccccc1)c1ccc(C)cc1. The van der Waals surface area contributed by atoms with E-state index in [1.807, 2.05) is 96.1 Å². The first-order valence-electron chi connectivity index (χ1n) is 13.9. The Balaban J connectivity index is 2.55. The van der Waals surface area contributed by atoms with Crippen LogP contribution in [0.5, 0.6) is 0 Å². The zero-order chi connectivity index (χ0) is 29.4. The van der Waals surface area contributed by atoms with Crippen molar-refractivity contribution >= 4 is 17.9 Å². The quantitative estimate of drug-likeness (QED) is 0.352. The fourth-order valence-electron chi connectivity index (χ4n) is 4.30. The van der Waals surface area contributed by atoms with Gasteiger partial charge in [0.15, 0.2) is 0 Å². The smallest absolute Gasteiger partial charge is 0.408 e. The van der Waals surface area contributed by atoms with Gasteiger partial charge in [-0.3, -0.25) is 9.59 Å². The topological polar surface area (TPSA) is 87.7 Å². The minimum absolute atomic E-state index is 0.116. The summed E-state index contributed by atoms with van der Waals surface area (Å²) >= 11 is 0. The number of carbonyl (C=O) groups is 3. The second-order valence-corrected chi connectivity index (χ2v) is 12.2. The van der Waals surface area contributed by atoms with Crippen LogP contribution >= 0.6 is 0 Å². The van der Waals surface area contributed by atoms with Crippen LogP contribution in [-0.2, 0) is 20.9 Å². The zero-order valence-corrected chi connectivity index (χ0v) is 25.1. The van der Waals surface area contributed by atoms with E-state index < -0.39 is 29.3 Å². The van der Waals surface area contributed by atoms with Crippen LogP contribution in [0.2, 0.25) is 0 Å². The van der Waals surface area contributed by atoms with Gasteiger partial charge in [-0.15, -0.1) is 0 Å². The third-order valence-electron chi connectivity index (χ3n) is 6.66. The third-order valence-corrected chi connectivity index (χ3v) is 6.66. The molecule has 0 heterocycles. The van der Waals surface area contributed by atoms with Gasteiger partial charge in [0.1, 0.15) is 17.7 Å². The Hall–Kier alpha value is -3.35. The predicted molar refractivity (Wildman–Crippen MR) is 156 cm³/mol. The monoisotopic (exact) mass is 537 g/mol. The molecule has 0 aliphatic rings. The number of ether oxygens (including phenoxy) is 1. The van der Waals surface area contributed by atoms with Crippen molar-refractivity contribution in [1.29, 1.82) is 0 Å². The number of amides is 3. The molecule has 3 amide bonds. The van der Waals surface area contributed by atoms with E-state index in [2.05, 4.69) is 10.6 Å². The first-order chi connectivity index (χ1) is 18.1. The number of aryl methyl sites for hydroxylation is 1. The van der Waals surface area contributed by atoms with E-state index in [0.717, 1.165) is 11.1 Å². The molecular formula is C32H47N3O4. The summed E-state index contributed by atoms with van der Waals surface area (Å²) in [6, 6.07) is 15.6. The Morgan fingerprint density at radius 2 is 1.51 bits per heavy atom. The Kier molecular flexibility index (Phi) is 11.1. The molecule has 7 heteroatoms. The highest BCUT2D eigenvalue weighted by atomic mass is 16.6. The van der Waals surface area contributed by atoms with Crippen molar-refractivity contribution in [3.8, 4) is 0 Å². The van der Waals surface area contributed by atoms with Gasteiger partial charge in [-0.1, -0.05) is 80.9 Å². The van der Waals surface area contributed by atoms with E-state index in [4.69, 9.17) is 4.74 Å². The Labute approximate surface area is 234 Å². The molecule has 0 radical (unpaired) electrons. The lowest BCUT2D eigenvalue weighted by Gasteiger charge is -2.44. The maximum Gasteiger partial charge on any atom is 0.408 e. The predicted octanol–water partition coefficient (Wildman–Crippen LogP) is 6.31. The number of nitrogens with zero attached hydrogens (tertiary/aromatic N) is 1. The summed E-state index contributed by atoms with van der Waals surface area (Å²) < 4.78 is 5.48. The molecule has 0 spiro atoms. The summed E-state index contributed by atoms with van der Waals surface area (Å²) in [5, 5.41) is 5.86. The van der Waals surface area contributed by atoms with Crippen molar-refractivity contribution < 1.29 is 19.1 Å². The van der Waals surface area contributed by atoms with Crippen LogP contribution in [-0.4, -0.2) is 40.0 Å². The summed E-state index contributed by atoms with van der Waals surface area (Å²) in [6.07, 6.45) is 0.352. The van der Waals surface area contributed by atoms with E-state index >= 15 is 0 Å². The molecule has 0 aliphatic heterocycles. The number of alkyl carbamates (subject to hydrolysis) is 1. The number of rotatable bonds is 11. The van der Waals surface area contributed by atoms with Gasteiger partial charge < -0.3 is 20.3 Å². The van der Waals surface area contributed by atoms with E-state index in [-0.39, 0.29) is 17.7 Å². The summed E-state index contributed by atoms with van der Waals surface area (Å²) in [5.74, 6) is -0.481. The van der Waals surface area contributed by atoms with Crippen LogP contribution in [0, 0.1) is 12.8 Å². The number of hydrogen-bond acceptors (Lipinski definition) is 4. The maximum atomic E-state index is 14.4. The first kappa shape index (κ1) is 31.9. The minimum Gasteiger partial charge on any atom is -0.444 e. The Bertz CT molecular complexity index is 1090. The molecule has 2 N–H and O–H groups in total. The number of benzene rings is 2. The van der Waals surface area contributed by atoms with Crippen LogP contribution < -0.4 is 10.6 Å². The number of nitrogens with one attached hydrogen (secondary N) is 2. The van der Waals surface area contributed by atoms with Crippen molar-refractivity contribution in [2.75, 3.05) is 0 Å². The number of hydrogen-bond donors (Lipinski definition) is 2. The lowest BCUT2D eigenvalue weighted by atomic mass is 9.90. The highest BCUT2D eigenvalue weighted by Gasteiger charge is 2.43. The molecule has 0 aliphatic carbocycles. The van der Waals surface area contributed by atoms with Gasteiger partial charge in [0.25, 0.3) is 0 Å². The van der Waals surface area contributed by atoms with Gasteiger partial charge in [-0.25, -0.2) is 4.79 Å². The summed E-state index contributed by atoms with van der Waals surface area (Å²) in [4.78, 5) is 42.8. The van der Waals surface area contributed by atoms with Crippen molar-refractivity contribution in [2.24, 2.45) is 5.92 Å². The van der Waals surface area contributed by atoms with Gasteiger partial charge in [0.05, 0.1) is 0 Å². The Morgan fingerprint density at radius 1 is 0.923 bits per heavy atom. The zero-order valence-electron chi connectivity index (χ0n) is 25.1. The van der Waals surface area contributed by atoms with Gasteiger partial charge >= 0.3 is 6.09 Å². The molecule has 214 valence electrons. The van der Waals surface area contributed by atoms with E-state index in [1.165, 1.54) is 0 Å². The van der Waals surface area contributed by atoms with Crippen molar-refractivity contribution in [3.63, 3.8) is 0 Å². The molecule has 0 saturated heterocycles. The maximum absolute atomic E-state index is 14.4. The van der Waals surface area contributed by atoms with Crippen LogP contribution in [0.4, 0.5) is 4.79 Å². The lowest BCUT2D eigenvalue weighted by molar-refractivity contribution is -0.149. The highest BCUT2D eigenvalue weighted by Crippen LogP contribution is 2.33. The highest BCUT2D eigenvalue weighted by molar-refractivity contribution is 5.92. The van der Waals surface area contributed by atoms with Gasteiger partial charge in [0, 0.05) is 12.1 Å². The minimum atomic E-state index is -0.896. The lowest BCUT2D eigenvalue weighted by Crippen LogP contribution is -2.59. The average Bonchev–Trinajstić information content (AvgIpc) is 2.84. The molecule has 0 aromatic heterocycles. The van der Waals surface area contributed by atoms with Crippen LogP contribution in [0.3, 0.4) is 0 Å². The second kappa shape index (κ2) is 13.6. The molecule has 2 aromatic rings. The first-order valence-corrected chi connectivity index (χ1v) is 13.9. The van der Waals surface area contributed by atoms with Gasteiger partial charge in [0.2, 0.25) is 11.8 Å². The Morgan fingerprint density at radius 3 is 2.03 bits per heavy atom. The molecule has 2 atom stereocenters. The van der Waals surface area contributed by atoms with E-state index in [1.54, 1.807) is 25.7 Å². The summed E-state index contributed by atoms with van der Waals surface area (Å²) in [6.45, 7) is 17.6. The van der Waals surface area contributed by atoms with Crippen LogP contribution in [0.15, 0.2) is 54.6 Å². The summed E-state index contributed by atoms with van der Waals surface area (Å²) in [5.41, 5.74) is 1.33. The summed E-state index contributed by atoms with van der Waals surface area (Å²) in [7, 11) is 0.